The van der Waals surface area contributed by atoms with E-state index in [4.69, 9.17) is 20.4 Å². The topological polar surface area (TPSA) is 233 Å². The number of phenolic OH excluding ortho intramolecular Hbond substituents is 4. The summed E-state index contributed by atoms with van der Waals surface area (Å²) in [6.45, 7) is 0.314. The van der Waals surface area contributed by atoms with Crippen LogP contribution in [0.1, 0.15) is 22.3 Å². The van der Waals surface area contributed by atoms with Crippen LogP contribution in [0.3, 0.4) is 0 Å². The van der Waals surface area contributed by atoms with Gasteiger partial charge < -0.3 is 51.1 Å². The Labute approximate surface area is 271 Å². The van der Waals surface area contributed by atoms with Gasteiger partial charge in [0.1, 0.15) is 23.0 Å². The van der Waals surface area contributed by atoms with Crippen molar-refractivity contribution in [2.24, 2.45) is 9.98 Å². The van der Waals surface area contributed by atoms with Crippen molar-refractivity contribution in [3.8, 4) is 34.5 Å². The molecular formula is C32H38N2NiO10. The first kappa shape index (κ1) is 42.5. The molecule has 0 fully saturated rings. The van der Waals surface area contributed by atoms with Crippen LogP contribution in [0.15, 0.2) is 94.9 Å². The number of aliphatic hydroxyl groups is 4. The first-order chi connectivity index (χ1) is 21.3. The molecule has 0 saturated carbocycles. The van der Waals surface area contributed by atoms with Crippen molar-refractivity contribution in [2.45, 2.75) is 0 Å². The zero-order valence-corrected chi connectivity index (χ0v) is 26.1. The van der Waals surface area contributed by atoms with E-state index in [1.807, 2.05) is 0 Å². The van der Waals surface area contributed by atoms with Gasteiger partial charge in [-0.2, -0.15) is 0 Å². The van der Waals surface area contributed by atoms with E-state index in [-0.39, 0.29) is 63.7 Å². The number of rotatable bonds is 7. The van der Waals surface area contributed by atoms with Crippen molar-refractivity contribution >= 4 is 11.4 Å². The first-order valence-corrected chi connectivity index (χ1v) is 12.8. The van der Waals surface area contributed by atoms with Crippen LogP contribution in [0.25, 0.3) is 0 Å². The average molecular weight is 669 g/mol. The second kappa shape index (κ2) is 23.8. The van der Waals surface area contributed by atoms with Gasteiger partial charge in [-0.05, 0) is 96.1 Å². The number of benzene rings is 4. The molecule has 13 heteroatoms. The molecule has 0 spiro atoms. The summed E-state index contributed by atoms with van der Waals surface area (Å²) in [6, 6.07) is 20.4. The van der Waals surface area contributed by atoms with E-state index in [0.29, 0.717) is 22.6 Å². The maximum atomic E-state index is 12.5. The molecule has 0 amide bonds. The van der Waals surface area contributed by atoms with Gasteiger partial charge >= 0.3 is 16.5 Å². The van der Waals surface area contributed by atoms with E-state index in [2.05, 4.69) is 9.98 Å². The molecule has 0 aliphatic heterocycles. The van der Waals surface area contributed by atoms with Gasteiger partial charge in [0.2, 0.25) is 0 Å². The number of aromatic hydroxyl groups is 4. The Morgan fingerprint density at radius 3 is 1.00 bits per heavy atom. The van der Waals surface area contributed by atoms with E-state index < -0.39 is 11.5 Å². The molecule has 45 heavy (non-hydrogen) atoms. The Bertz CT molecular complexity index is 1330. The van der Waals surface area contributed by atoms with E-state index in [0.717, 1.165) is 40.6 Å². The minimum absolute atomic E-state index is 0. The third-order valence-corrected chi connectivity index (χ3v) is 5.36. The molecule has 246 valence electrons. The van der Waals surface area contributed by atoms with Crippen LogP contribution >= 0.6 is 0 Å². The van der Waals surface area contributed by atoms with Crippen LogP contribution in [0.5, 0.6) is 34.5 Å². The van der Waals surface area contributed by atoms with Crippen LogP contribution in [0, 0.1) is 0 Å². The normalized spacial score (nSPS) is 10.1. The maximum Gasteiger partial charge on any atom is 2.00 e. The summed E-state index contributed by atoms with van der Waals surface area (Å²) in [5, 5.41) is 91.6. The number of aliphatic imine (C=N–C) groups is 2. The molecule has 0 aliphatic carbocycles. The van der Waals surface area contributed by atoms with Gasteiger partial charge in [-0.15, -0.1) is 0 Å². The molecule has 0 atom stereocenters. The molecule has 4 aromatic rings. The molecule has 0 aliphatic rings. The summed E-state index contributed by atoms with van der Waals surface area (Å²) >= 11 is 0. The van der Waals surface area contributed by atoms with Crippen molar-refractivity contribution in [3.05, 3.63) is 107 Å². The predicted octanol–water partition coefficient (Wildman–Crippen LogP) is 1.46. The minimum Gasteiger partial charge on any atom is -0.872 e. The van der Waals surface area contributed by atoms with Crippen LogP contribution < -0.4 is 10.2 Å². The van der Waals surface area contributed by atoms with E-state index >= 15 is 0 Å². The van der Waals surface area contributed by atoms with Gasteiger partial charge in [-0.25, -0.2) is 0 Å². The minimum atomic E-state index is -0.407. The molecule has 4 aromatic carbocycles. The second-order valence-corrected chi connectivity index (χ2v) is 7.92. The fraction of sp³-hybridized carbons (Fsp3) is 0.188. The molecule has 4 rings (SSSR count). The first-order valence-electron chi connectivity index (χ1n) is 12.8. The molecule has 8 N–H and O–H groups in total. The van der Waals surface area contributed by atoms with Crippen LogP contribution in [-0.2, 0) is 16.5 Å². The van der Waals surface area contributed by atoms with E-state index in [9.17, 15) is 30.6 Å². The van der Waals surface area contributed by atoms with Gasteiger partial charge in [0, 0.05) is 39.6 Å². The quantitative estimate of drug-likeness (QED) is 0.0802. The van der Waals surface area contributed by atoms with E-state index in [1.54, 1.807) is 24.3 Å². The molecule has 12 nitrogen and oxygen atoms in total. The molecule has 0 heterocycles. The zero-order chi connectivity index (χ0) is 33.7. The van der Waals surface area contributed by atoms with Crippen molar-refractivity contribution in [1.29, 1.82) is 0 Å². The Balaban J connectivity index is 0. The van der Waals surface area contributed by atoms with Gasteiger partial charge in [0.25, 0.3) is 0 Å². The molecule has 0 radical (unpaired) electrons. The summed E-state index contributed by atoms with van der Waals surface area (Å²) in [5.41, 5.74) is 2.49. The Hall–Kier alpha value is -4.65. The number of phenols is 4. The Kier molecular flexibility index (Phi) is 22.4. The monoisotopic (exact) mass is 668 g/mol. The number of hydrogen-bond acceptors (Lipinski definition) is 12. The second-order valence-electron chi connectivity index (χ2n) is 7.92. The Morgan fingerprint density at radius 2 is 0.733 bits per heavy atom. The summed E-state index contributed by atoms with van der Waals surface area (Å²) in [5.74, 6) is -0.989. The summed E-state index contributed by atoms with van der Waals surface area (Å²) in [6.07, 6.45) is 0. The summed E-state index contributed by atoms with van der Waals surface area (Å²) in [7, 11) is 4.00. The summed E-state index contributed by atoms with van der Waals surface area (Å²) < 4.78 is 0. The SMILES string of the molecule is CO.CO.CO.CO.[Ni+2].[O-]c1cc(O)ccc1C(=NCCN=C(c1ccc(O)cc1)c1ccc(O)cc1[O-])c1ccc(O)cc1. The van der Waals surface area contributed by atoms with Gasteiger partial charge in [0.05, 0.1) is 24.5 Å². The Morgan fingerprint density at radius 1 is 0.467 bits per heavy atom. The fourth-order valence-electron chi connectivity index (χ4n) is 3.64. The van der Waals surface area contributed by atoms with E-state index in [1.165, 1.54) is 48.5 Å². The molecule has 0 bridgehead atoms. The zero-order valence-electron chi connectivity index (χ0n) is 25.1. The predicted molar refractivity (Wildman–Crippen MR) is 165 cm³/mol. The van der Waals surface area contributed by atoms with Gasteiger partial charge in [-0.3, -0.25) is 9.98 Å². The van der Waals surface area contributed by atoms with Crippen molar-refractivity contribution in [3.63, 3.8) is 0 Å². The van der Waals surface area contributed by atoms with Crippen LogP contribution in [0.4, 0.5) is 0 Å². The average Bonchev–Trinajstić information content (AvgIpc) is 3.05. The fourth-order valence-corrected chi connectivity index (χ4v) is 3.64. The molecule has 0 saturated heterocycles. The maximum absolute atomic E-state index is 12.5. The number of nitrogens with zero attached hydrogens (tertiary/aromatic N) is 2. The third-order valence-electron chi connectivity index (χ3n) is 5.36. The molecular weight excluding hydrogens is 631 g/mol. The van der Waals surface area contributed by atoms with Gasteiger partial charge in [0.15, 0.2) is 0 Å². The van der Waals surface area contributed by atoms with Crippen LogP contribution in [-0.4, -0.2) is 93.8 Å². The number of hydrogen-bond donors (Lipinski definition) is 8. The van der Waals surface area contributed by atoms with Crippen molar-refractivity contribution in [2.75, 3.05) is 41.5 Å². The molecule has 0 unspecified atom stereocenters. The van der Waals surface area contributed by atoms with Gasteiger partial charge in [-0.1, -0.05) is 11.5 Å². The van der Waals surface area contributed by atoms with Crippen LogP contribution in [0.2, 0.25) is 0 Å². The molecule has 0 aromatic heterocycles. The standard InChI is InChI=1S/C28H24N2O6.4CH4O.Ni/c31-19-5-1-17(2-6-19)27(23-11-9-21(33)15-25(23)35)29-13-14-30-28(18-3-7-20(32)8-4-18)24-12-10-22(34)16-26(24)36;4*1-2;/h1-12,15-16,31-36H,13-14H2;4*2H,1H3;/q;;;;;+2/p-2. The smallest absolute Gasteiger partial charge is 0.872 e. The van der Waals surface area contributed by atoms with Crippen molar-refractivity contribution in [1.82, 2.24) is 0 Å². The number of aliphatic hydroxyl groups excluding tert-OH is 4. The third kappa shape index (κ3) is 13.3. The largest absolute Gasteiger partial charge is 2.00 e. The summed E-state index contributed by atoms with van der Waals surface area (Å²) in [4.78, 5) is 9.17. The van der Waals surface area contributed by atoms with Crippen molar-refractivity contribution < 1.29 is 67.6 Å².